The highest BCUT2D eigenvalue weighted by molar-refractivity contribution is 5.17. The lowest BCUT2D eigenvalue weighted by Crippen LogP contribution is -1.91. The lowest BCUT2D eigenvalue weighted by molar-refractivity contribution is 0.288. The van der Waals surface area contributed by atoms with Crippen LogP contribution in [0.3, 0.4) is 0 Å². The molecule has 0 aliphatic heterocycles. The average Bonchev–Trinajstić information content (AvgIpc) is 2.04. The van der Waals surface area contributed by atoms with Gasteiger partial charge in [0.15, 0.2) is 0 Å². The molecule has 1 aromatic heterocycles. The van der Waals surface area contributed by atoms with Crippen LogP contribution in [0.15, 0.2) is 18.3 Å². The van der Waals surface area contributed by atoms with Crippen molar-refractivity contribution in [3.05, 3.63) is 24.0 Å². The van der Waals surface area contributed by atoms with Gasteiger partial charge in [0.1, 0.15) is 5.75 Å². The second kappa shape index (κ2) is 3.93. The molecule has 3 nitrogen and oxygen atoms in total. The molecule has 0 saturated carbocycles. The monoisotopic (exact) mass is 153 g/mol. The van der Waals surface area contributed by atoms with Crippen molar-refractivity contribution < 1.29 is 10.2 Å². The van der Waals surface area contributed by atoms with Gasteiger partial charge in [-0.15, -0.1) is 0 Å². The summed E-state index contributed by atoms with van der Waals surface area (Å²) in [4.78, 5) is 3.95. The summed E-state index contributed by atoms with van der Waals surface area (Å²) in [5.74, 6) is 0.178. The van der Waals surface area contributed by atoms with E-state index in [1.165, 1.54) is 6.20 Å². The Bertz CT molecular complexity index is 208. The van der Waals surface area contributed by atoms with Crippen LogP contribution >= 0.6 is 0 Å². The Balaban J connectivity index is 2.52. The zero-order valence-electron chi connectivity index (χ0n) is 6.20. The summed E-state index contributed by atoms with van der Waals surface area (Å²) in [6.45, 7) is 0.183. The molecule has 0 aliphatic carbocycles. The zero-order valence-corrected chi connectivity index (χ0v) is 6.20. The lowest BCUT2D eigenvalue weighted by Gasteiger charge is -1.97. The molecule has 0 amide bonds. The molecule has 3 heteroatoms. The van der Waals surface area contributed by atoms with Gasteiger partial charge in [-0.05, 0) is 25.0 Å². The van der Waals surface area contributed by atoms with E-state index < -0.39 is 0 Å². The van der Waals surface area contributed by atoms with Crippen molar-refractivity contribution in [3.63, 3.8) is 0 Å². The summed E-state index contributed by atoms with van der Waals surface area (Å²) in [6.07, 6.45) is 2.89. The number of hydrogen-bond acceptors (Lipinski definition) is 3. The first-order valence-electron chi connectivity index (χ1n) is 3.57. The third kappa shape index (κ3) is 2.55. The van der Waals surface area contributed by atoms with Gasteiger partial charge in [-0.1, -0.05) is 0 Å². The number of aliphatic hydroxyl groups excluding tert-OH is 1. The molecule has 0 radical (unpaired) electrons. The minimum Gasteiger partial charge on any atom is -0.506 e. The van der Waals surface area contributed by atoms with Gasteiger partial charge in [0.05, 0.1) is 6.20 Å². The van der Waals surface area contributed by atoms with Crippen molar-refractivity contribution in [1.29, 1.82) is 0 Å². The summed E-state index contributed by atoms with van der Waals surface area (Å²) in [6, 6.07) is 3.35. The van der Waals surface area contributed by atoms with Crippen molar-refractivity contribution in [2.75, 3.05) is 6.61 Å². The fourth-order valence-electron chi connectivity index (χ4n) is 0.825. The topological polar surface area (TPSA) is 53.4 Å². The van der Waals surface area contributed by atoms with E-state index in [1.54, 1.807) is 12.1 Å². The molecule has 0 spiro atoms. The number of aliphatic hydroxyl groups is 1. The number of rotatable bonds is 3. The van der Waals surface area contributed by atoms with Crippen LogP contribution in [0.4, 0.5) is 0 Å². The van der Waals surface area contributed by atoms with E-state index in [0.717, 1.165) is 18.5 Å². The number of hydrogen-bond donors (Lipinski definition) is 2. The molecule has 0 unspecified atom stereocenters. The zero-order chi connectivity index (χ0) is 8.10. The van der Waals surface area contributed by atoms with Crippen molar-refractivity contribution in [3.8, 4) is 5.75 Å². The Kier molecular flexibility index (Phi) is 2.86. The first kappa shape index (κ1) is 8.01. The summed E-state index contributed by atoms with van der Waals surface area (Å²) in [7, 11) is 0. The Morgan fingerprint density at radius 2 is 2.18 bits per heavy atom. The quantitative estimate of drug-likeness (QED) is 0.672. The molecule has 1 heterocycles. The molecule has 0 fully saturated rings. The van der Waals surface area contributed by atoms with Crippen LogP contribution < -0.4 is 0 Å². The highest BCUT2D eigenvalue weighted by Crippen LogP contribution is 2.06. The van der Waals surface area contributed by atoms with Gasteiger partial charge in [-0.25, -0.2) is 0 Å². The van der Waals surface area contributed by atoms with Gasteiger partial charge in [0, 0.05) is 12.3 Å². The summed E-state index contributed by atoms with van der Waals surface area (Å²) in [5.41, 5.74) is 0.900. The molecule has 60 valence electrons. The van der Waals surface area contributed by atoms with Crippen LogP contribution in [0.5, 0.6) is 5.75 Å². The highest BCUT2D eigenvalue weighted by Gasteiger charge is 1.93. The maximum atomic E-state index is 8.87. The van der Waals surface area contributed by atoms with Gasteiger partial charge in [-0.3, -0.25) is 4.98 Å². The number of aryl methyl sites for hydroxylation is 1. The van der Waals surface area contributed by atoms with Gasteiger partial charge in [0.25, 0.3) is 0 Å². The fourth-order valence-corrected chi connectivity index (χ4v) is 0.825. The average molecular weight is 153 g/mol. The van der Waals surface area contributed by atoms with E-state index >= 15 is 0 Å². The van der Waals surface area contributed by atoms with E-state index in [2.05, 4.69) is 4.98 Å². The number of aromatic nitrogens is 1. The van der Waals surface area contributed by atoms with E-state index in [1.807, 2.05) is 0 Å². The van der Waals surface area contributed by atoms with Gasteiger partial charge in [-0.2, -0.15) is 0 Å². The lowest BCUT2D eigenvalue weighted by atomic mass is 10.2. The molecular weight excluding hydrogens is 142 g/mol. The minimum atomic E-state index is 0.178. The van der Waals surface area contributed by atoms with Crippen molar-refractivity contribution in [2.45, 2.75) is 12.8 Å². The Morgan fingerprint density at radius 1 is 1.36 bits per heavy atom. The van der Waals surface area contributed by atoms with Crippen molar-refractivity contribution in [2.24, 2.45) is 0 Å². The standard InChI is InChI=1S/C8H11NO2/c10-5-1-2-7-3-4-8(11)6-9-7/h3-4,6,10-11H,1-2,5H2. The maximum absolute atomic E-state index is 8.87. The fraction of sp³-hybridized carbons (Fsp3) is 0.375. The van der Waals surface area contributed by atoms with E-state index in [9.17, 15) is 0 Å². The molecule has 0 saturated heterocycles. The molecular formula is C8H11NO2. The third-order valence-corrected chi connectivity index (χ3v) is 1.40. The summed E-state index contributed by atoms with van der Waals surface area (Å²) < 4.78 is 0. The summed E-state index contributed by atoms with van der Waals surface area (Å²) >= 11 is 0. The number of aromatic hydroxyl groups is 1. The van der Waals surface area contributed by atoms with Crippen LogP contribution in [0, 0.1) is 0 Å². The minimum absolute atomic E-state index is 0.178. The number of nitrogens with zero attached hydrogens (tertiary/aromatic N) is 1. The summed E-state index contributed by atoms with van der Waals surface area (Å²) in [5, 5.41) is 17.4. The molecule has 1 rings (SSSR count). The highest BCUT2D eigenvalue weighted by atomic mass is 16.3. The molecule has 0 aliphatic rings. The molecule has 0 atom stereocenters. The SMILES string of the molecule is OCCCc1ccc(O)cn1. The first-order valence-corrected chi connectivity index (χ1v) is 3.57. The largest absolute Gasteiger partial charge is 0.506 e. The smallest absolute Gasteiger partial charge is 0.133 e. The van der Waals surface area contributed by atoms with Crippen LogP contribution in [0.2, 0.25) is 0 Å². The normalized spacial score (nSPS) is 9.91. The molecule has 0 bridgehead atoms. The predicted octanol–water partition coefficient (Wildman–Crippen LogP) is 0.712. The Morgan fingerprint density at radius 3 is 2.73 bits per heavy atom. The van der Waals surface area contributed by atoms with Crippen molar-refractivity contribution >= 4 is 0 Å². The van der Waals surface area contributed by atoms with Gasteiger partial charge < -0.3 is 10.2 Å². The van der Waals surface area contributed by atoms with Crippen LogP contribution in [-0.2, 0) is 6.42 Å². The van der Waals surface area contributed by atoms with Gasteiger partial charge >= 0.3 is 0 Å². The van der Waals surface area contributed by atoms with E-state index in [-0.39, 0.29) is 12.4 Å². The van der Waals surface area contributed by atoms with Crippen LogP contribution in [-0.4, -0.2) is 21.8 Å². The Labute approximate surface area is 65.3 Å². The maximum Gasteiger partial charge on any atom is 0.133 e. The number of pyridine rings is 1. The van der Waals surface area contributed by atoms with Crippen LogP contribution in [0.1, 0.15) is 12.1 Å². The molecule has 1 aromatic rings. The van der Waals surface area contributed by atoms with E-state index in [4.69, 9.17) is 10.2 Å². The van der Waals surface area contributed by atoms with Crippen LogP contribution in [0.25, 0.3) is 0 Å². The Hall–Kier alpha value is -1.09. The second-order valence-electron chi connectivity index (χ2n) is 2.33. The molecule has 2 N–H and O–H groups in total. The van der Waals surface area contributed by atoms with Gasteiger partial charge in [0.2, 0.25) is 0 Å². The molecule has 11 heavy (non-hydrogen) atoms. The molecule has 0 aromatic carbocycles. The third-order valence-electron chi connectivity index (χ3n) is 1.40. The first-order chi connectivity index (χ1) is 5.33. The predicted molar refractivity (Wildman–Crippen MR) is 41.3 cm³/mol. The van der Waals surface area contributed by atoms with E-state index in [0.29, 0.717) is 0 Å². The van der Waals surface area contributed by atoms with Crippen molar-refractivity contribution in [1.82, 2.24) is 4.98 Å². The second-order valence-corrected chi connectivity index (χ2v) is 2.33.